The number of hydrogen-bond donors (Lipinski definition) is 0. The van der Waals surface area contributed by atoms with E-state index in [0.29, 0.717) is 5.69 Å². The fourth-order valence-corrected chi connectivity index (χ4v) is 4.05. The number of carbonyl (C=O) groups excluding carboxylic acids is 2. The highest BCUT2D eigenvalue weighted by Crippen LogP contribution is 2.40. The molecule has 5 heteroatoms. The molecule has 0 spiro atoms. The fourth-order valence-electron chi connectivity index (χ4n) is 4.05. The Kier molecular flexibility index (Phi) is 4.65. The lowest BCUT2D eigenvalue weighted by molar-refractivity contribution is -0.126. The molecule has 2 aliphatic heterocycles. The van der Waals surface area contributed by atoms with Crippen molar-refractivity contribution in [1.82, 2.24) is 0 Å². The van der Waals surface area contributed by atoms with E-state index in [1.807, 2.05) is 91.0 Å². The number of imide groups is 1. The summed E-state index contributed by atoms with van der Waals surface area (Å²) in [5.74, 6) is -1.18. The average molecular weight is 396 g/mol. The van der Waals surface area contributed by atoms with Gasteiger partial charge in [0.1, 0.15) is 5.92 Å². The molecule has 3 unspecified atom stereocenters. The van der Waals surface area contributed by atoms with Gasteiger partial charge in [0.05, 0.1) is 17.4 Å². The number of hydrogen-bond acceptors (Lipinski definition) is 4. The smallest absolute Gasteiger partial charge is 0.266 e. The van der Waals surface area contributed by atoms with Gasteiger partial charge in [0.2, 0.25) is 5.91 Å². The van der Waals surface area contributed by atoms with Crippen LogP contribution in [0.5, 0.6) is 0 Å². The Balaban J connectivity index is 1.52. The molecular weight excluding hydrogens is 376 g/mol. The van der Waals surface area contributed by atoms with E-state index >= 15 is 0 Å². The van der Waals surface area contributed by atoms with Gasteiger partial charge in [-0.2, -0.15) is 0 Å². The van der Waals surface area contributed by atoms with Crippen molar-refractivity contribution in [3.63, 3.8) is 0 Å². The molecule has 2 amide bonds. The van der Waals surface area contributed by atoms with E-state index < -0.39 is 18.1 Å². The summed E-state index contributed by atoms with van der Waals surface area (Å²) >= 11 is 0. The number of rotatable bonds is 4. The molecule has 0 saturated carbocycles. The first-order valence-electron chi connectivity index (χ1n) is 9.91. The van der Waals surface area contributed by atoms with E-state index in [0.717, 1.165) is 11.3 Å². The van der Waals surface area contributed by atoms with Gasteiger partial charge in [-0.05, 0) is 29.8 Å². The second-order valence-corrected chi connectivity index (χ2v) is 7.32. The minimum Gasteiger partial charge on any atom is -0.273 e. The van der Waals surface area contributed by atoms with E-state index in [4.69, 9.17) is 4.84 Å². The van der Waals surface area contributed by atoms with Crippen molar-refractivity contribution in [2.75, 3.05) is 9.96 Å². The van der Waals surface area contributed by atoms with Crippen LogP contribution in [0.3, 0.4) is 0 Å². The number of hydroxylamine groups is 1. The van der Waals surface area contributed by atoms with Crippen molar-refractivity contribution in [3.05, 3.63) is 103 Å². The van der Waals surface area contributed by atoms with Gasteiger partial charge in [-0.1, -0.05) is 78.9 Å². The quantitative estimate of drug-likeness (QED) is 0.624. The van der Waals surface area contributed by atoms with Crippen LogP contribution in [-0.2, 0) is 14.4 Å². The number of para-hydroxylation sites is 2. The molecule has 2 fully saturated rings. The predicted octanol–water partition coefficient (Wildman–Crippen LogP) is 4.08. The lowest BCUT2D eigenvalue weighted by Crippen LogP contribution is -2.39. The van der Waals surface area contributed by atoms with E-state index in [1.54, 1.807) is 17.2 Å². The first-order chi connectivity index (χ1) is 14.7. The first-order valence-corrected chi connectivity index (χ1v) is 9.91. The molecule has 5 nitrogen and oxygen atoms in total. The Hall–Kier alpha value is -3.70. The van der Waals surface area contributed by atoms with Crippen LogP contribution >= 0.6 is 0 Å². The summed E-state index contributed by atoms with van der Waals surface area (Å²) in [5.41, 5.74) is 2.40. The summed E-state index contributed by atoms with van der Waals surface area (Å²) < 4.78 is 0. The van der Waals surface area contributed by atoms with Crippen molar-refractivity contribution < 1.29 is 14.4 Å². The third-order valence-electron chi connectivity index (χ3n) is 5.47. The monoisotopic (exact) mass is 396 g/mol. The number of nitrogens with zero attached hydrogens (tertiary/aromatic N) is 2. The maximum absolute atomic E-state index is 13.4. The van der Waals surface area contributed by atoms with E-state index in [9.17, 15) is 9.59 Å². The first kappa shape index (κ1) is 18.3. The van der Waals surface area contributed by atoms with E-state index in [2.05, 4.69) is 0 Å². The Morgan fingerprint density at radius 2 is 1.27 bits per heavy atom. The van der Waals surface area contributed by atoms with Crippen LogP contribution in [0.1, 0.15) is 5.56 Å². The number of amides is 2. The van der Waals surface area contributed by atoms with Gasteiger partial charge in [0.15, 0.2) is 6.10 Å². The highest BCUT2D eigenvalue weighted by atomic mass is 16.7. The number of carbonyl (C=O) groups is 2. The van der Waals surface area contributed by atoms with Crippen molar-refractivity contribution in [1.29, 1.82) is 0 Å². The topological polar surface area (TPSA) is 49.9 Å². The molecule has 3 aromatic rings. The van der Waals surface area contributed by atoms with Crippen LogP contribution in [-0.4, -0.2) is 24.0 Å². The lowest BCUT2D eigenvalue weighted by Gasteiger charge is -2.26. The third-order valence-corrected chi connectivity index (χ3v) is 5.47. The van der Waals surface area contributed by atoms with Gasteiger partial charge in [0, 0.05) is 0 Å². The number of anilines is 2. The molecule has 3 aromatic carbocycles. The maximum Gasteiger partial charge on any atom is 0.266 e. The molecule has 0 radical (unpaired) electrons. The fraction of sp³-hybridized carbons (Fsp3) is 0.120. The van der Waals surface area contributed by atoms with Gasteiger partial charge in [-0.25, -0.2) is 9.96 Å². The van der Waals surface area contributed by atoms with Crippen LogP contribution in [0, 0.1) is 5.92 Å². The number of fused-ring (bicyclic) bond motifs is 1. The van der Waals surface area contributed by atoms with E-state index in [-0.39, 0.29) is 11.8 Å². The summed E-state index contributed by atoms with van der Waals surface area (Å²) in [6, 6.07) is 28.0. The molecule has 2 aliphatic rings. The van der Waals surface area contributed by atoms with Gasteiger partial charge < -0.3 is 0 Å². The zero-order chi connectivity index (χ0) is 20.5. The average Bonchev–Trinajstić information content (AvgIpc) is 3.30. The Morgan fingerprint density at radius 1 is 0.700 bits per heavy atom. The minimum atomic E-state index is -0.844. The van der Waals surface area contributed by atoms with Crippen molar-refractivity contribution in [2.45, 2.75) is 12.1 Å². The van der Waals surface area contributed by atoms with Crippen molar-refractivity contribution in [2.24, 2.45) is 5.92 Å². The molecule has 0 aromatic heterocycles. The standard InChI is InChI=1S/C25H20N2O3/c28-24-22-21(17-16-18-10-4-1-5-11-18)27(20-14-8-3-9-15-20)30-23(22)25(29)26(24)19-12-6-2-7-13-19/h1-17,21-23H/b17-16+. The Bertz CT molecular complexity index is 1080. The summed E-state index contributed by atoms with van der Waals surface area (Å²) in [5, 5.41) is 1.69. The summed E-state index contributed by atoms with van der Waals surface area (Å²) in [6.07, 6.45) is 3.07. The second-order valence-electron chi connectivity index (χ2n) is 7.32. The third kappa shape index (κ3) is 3.09. The molecule has 148 valence electrons. The van der Waals surface area contributed by atoms with Crippen LogP contribution in [0.15, 0.2) is 97.1 Å². The molecule has 3 atom stereocenters. The highest BCUT2D eigenvalue weighted by molar-refractivity contribution is 6.24. The van der Waals surface area contributed by atoms with E-state index in [1.165, 1.54) is 4.90 Å². The zero-order valence-corrected chi connectivity index (χ0v) is 16.2. The molecule has 0 aliphatic carbocycles. The predicted molar refractivity (Wildman–Crippen MR) is 115 cm³/mol. The van der Waals surface area contributed by atoms with Crippen molar-refractivity contribution >= 4 is 29.3 Å². The molecular formula is C25H20N2O3. The SMILES string of the molecule is O=C1C2ON(c3ccccc3)C(/C=C/c3ccccc3)C2C(=O)N1c1ccccc1. The van der Waals surface area contributed by atoms with Crippen LogP contribution in [0.4, 0.5) is 11.4 Å². The number of benzene rings is 3. The van der Waals surface area contributed by atoms with Gasteiger partial charge in [-0.15, -0.1) is 0 Å². The molecule has 0 bridgehead atoms. The van der Waals surface area contributed by atoms with Gasteiger partial charge >= 0.3 is 0 Å². The normalized spacial score (nSPS) is 23.4. The van der Waals surface area contributed by atoms with Gasteiger partial charge in [-0.3, -0.25) is 14.4 Å². The Morgan fingerprint density at radius 3 is 1.90 bits per heavy atom. The largest absolute Gasteiger partial charge is 0.273 e. The lowest BCUT2D eigenvalue weighted by atomic mass is 9.95. The van der Waals surface area contributed by atoms with Gasteiger partial charge in [0.25, 0.3) is 5.91 Å². The van der Waals surface area contributed by atoms with Crippen LogP contribution in [0.25, 0.3) is 6.08 Å². The zero-order valence-electron chi connectivity index (χ0n) is 16.2. The van der Waals surface area contributed by atoms with Crippen LogP contribution < -0.4 is 9.96 Å². The van der Waals surface area contributed by atoms with Crippen LogP contribution in [0.2, 0.25) is 0 Å². The molecule has 0 N–H and O–H groups in total. The second kappa shape index (κ2) is 7.61. The molecule has 30 heavy (non-hydrogen) atoms. The molecule has 2 saturated heterocycles. The summed E-state index contributed by atoms with van der Waals surface area (Å²) in [7, 11) is 0. The summed E-state index contributed by atoms with van der Waals surface area (Å²) in [4.78, 5) is 33.8. The molecule has 2 heterocycles. The highest BCUT2D eigenvalue weighted by Gasteiger charge is 2.59. The maximum atomic E-state index is 13.4. The Labute approximate surface area is 174 Å². The summed E-state index contributed by atoms with van der Waals surface area (Å²) in [6.45, 7) is 0. The molecule has 5 rings (SSSR count). The minimum absolute atomic E-state index is 0.239. The van der Waals surface area contributed by atoms with Crippen molar-refractivity contribution in [3.8, 4) is 0 Å².